The number of aryl methyl sites for hydroxylation is 2. The largest absolute Gasteiger partial charge is 0.479 e. The highest BCUT2D eigenvalue weighted by Gasteiger charge is 2.23. The van der Waals surface area contributed by atoms with E-state index in [1.165, 1.54) is 6.07 Å². The van der Waals surface area contributed by atoms with Gasteiger partial charge >= 0.3 is 0 Å². The number of primary sulfonamides is 1. The molecule has 1 unspecified atom stereocenters. The highest BCUT2D eigenvalue weighted by atomic mass is 32.2. The van der Waals surface area contributed by atoms with Crippen LogP contribution >= 0.6 is 0 Å². The van der Waals surface area contributed by atoms with Crippen LogP contribution < -0.4 is 15.2 Å². The number of amides is 1. The Morgan fingerprint density at radius 2 is 1.81 bits per heavy atom. The van der Waals surface area contributed by atoms with E-state index in [-0.39, 0.29) is 22.6 Å². The highest BCUT2D eigenvalue weighted by molar-refractivity contribution is 7.89. The molecule has 1 atom stereocenters. The zero-order valence-electron chi connectivity index (χ0n) is 12.9. The molecule has 0 saturated heterocycles. The van der Waals surface area contributed by atoms with E-state index in [0.29, 0.717) is 5.56 Å². The zero-order valence-corrected chi connectivity index (χ0v) is 13.7. The predicted molar refractivity (Wildman–Crippen MR) is 80.7 cm³/mol. The van der Waals surface area contributed by atoms with Gasteiger partial charge in [-0.2, -0.15) is 0 Å². The molecule has 0 fully saturated rings. The van der Waals surface area contributed by atoms with E-state index in [0.717, 1.165) is 5.56 Å². The van der Waals surface area contributed by atoms with Crippen LogP contribution in [0.1, 0.15) is 31.9 Å². The van der Waals surface area contributed by atoms with Crippen LogP contribution in [-0.2, 0) is 14.8 Å². The summed E-state index contributed by atoms with van der Waals surface area (Å²) in [6.45, 7) is 8.70. The molecule has 118 valence electrons. The average molecular weight is 314 g/mol. The number of sulfonamides is 1. The molecule has 0 bridgehead atoms. The van der Waals surface area contributed by atoms with Crippen molar-refractivity contribution in [3.05, 3.63) is 23.3 Å². The SMILES string of the molecule is Cc1cc(C)c(OC(C)C(=O)NC(C)C)c(S(N)(=O)=O)c1. The van der Waals surface area contributed by atoms with Crippen molar-refractivity contribution in [2.75, 3.05) is 0 Å². The lowest BCUT2D eigenvalue weighted by molar-refractivity contribution is -0.127. The number of rotatable bonds is 5. The molecule has 1 aromatic rings. The lowest BCUT2D eigenvalue weighted by Crippen LogP contribution is -2.40. The van der Waals surface area contributed by atoms with Crippen LogP contribution in [0.5, 0.6) is 5.75 Å². The summed E-state index contributed by atoms with van der Waals surface area (Å²) >= 11 is 0. The topological polar surface area (TPSA) is 98.5 Å². The van der Waals surface area contributed by atoms with Gasteiger partial charge in [-0.05, 0) is 51.8 Å². The molecule has 0 aromatic heterocycles. The first kappa shape index (κ1) is 17.5. The Hall–Kier alpha value is -1.60. The molecule has 3 N–H and O–H groups in total. The van der Waals surface area contributed by atoms with Gasteiger partial charge in [-0.15, -0.1) is 0 Å². The Kier molecular flexibility index (Phi) is 5.36. The summed E-state index contributed by atoms with van der Waals surface area (Å²) < 4.78 is 28.9. The fourth-order valence-corrected chi connectivity index (χ4v) is 2.73. The predicted octanol–water partition coefficient (Wildman–Crippen LogP) is 1.24. The number of benzene rings is 1. The minimum Gasteiger partial charge on any atom is -0.479 e. The molecule has 0 spiro atoms. The first-order valence-corrected chi connectivity index (χ1v) is 8.18. The second-order valence-corrected chi connectivity index (χ2v) is 6.91. The number of carbonyl (C=O) groups is 1. The van der Waals surface area contributed by atoms with Gasteiger partial charge in [0.2, 0.25) is 10.0 Å². The van der Waals surface area contributed by atoms with E-state index < -0.39 is 16.1 Å². The highest BCUT2D eigenvalue weighted by Crippen LogP contribution is 2.29. The van der Waals surface area contributed by atoms with Crippen molar-refractivity contribution in [3.8, 4) is 5.75 Å². The molecule has 0 aliphatic rings. The van der Waals surface area contributed by atoms with E-state index in [1.807, 2.05) is 13.8 Å². The smallest absolute Gasteiger partial charge is 0.260 e. The molecule has 1 amide bonds. The third kappa shape index (κ3) is 4.71. The Bertz CT molecular complexity index is 639. The van der Waals surface area contributed by atoms with Crippen LogP contribution in [0.3, 0.4) is 0 Å². The monoisotopic (exact) mass is 314 g/mol. The number of hydrogen-bond donors (Lipinski definition) is 2. The van der Waals surface area contributed by atoms with Gasteiger partial charge in [0.05, 0.1) is 0 Å². The van der Waals surface area contributed by atoms with Gasteiger partial charge in [-0.3, -0.25) is 4.79 Å². The molecule has 0 aliphatic heterocycles. The quantitative estimate of drug-likeness (QED) is 0.854. The third-order valence-corrected chi connectivity index (χ3v) is 3.70. The van der Waals surface area contributed by atoms with Crippen LogP contribution in [0.4, 0.5) is 0 Å². The van der Waals surface area contributed by atoms with E-state index >= 15 is 0 Å². The number of nitrogens with two attached hydrogens (primary N) is 1. The fourth-order valence-electron chi connectivity index (χ4n) is 1.91. The summed E-state index contributed by atoms with van der Waals surface area (Å²) in [5, 5.41) is 7.93. The van der Waals surface area contributed by atoms with Crippen molar-refractivity contribution in [2.24, 2.45) is 5.14 Å². The molecule has 6 nitrogen and oxygen atoms in total. The lowest BCUT2D eigenvalue weighted by Gasteiger charge is -2.20. The molecule has 0 saturated carbocycles. The molecule has 7 heteroatoms. The van der Waals surface area contributed by atoms with Crippen molar-refractivity contribution < 1.29 is 17.9 Å². The first-order valence-electron chi connectivity index (χ1n) is 6.63. The number of nitrogens with one attached hydrogen (secondary N) is 1. The molecule has 1 aromatic carbocycles. The summed E-state index contributed by atoms with van der Waals surface area (Å²) in [5.74, 6) is -0.195. The van der Waals surface area contributed by atoms with Crippen LogP contribution in [0.2, 0.25) is 0 Å². The second-order valence-electron chi connectivity index (χ2n) is 5.38. The summed E-state index contributed by atoms with van der Waals surface area (Å²) in [7, 11) is -3.93. The summed E-state index contributed by atoms with van der Waals surface area (Å²) in [6, 6.07) is 3.18. The van der Waals surface area contributed by atoms with Gasteiger partial charge in [0.1, 0.15) is 10.6 Å². The van der Waals surface area contributed by atoms with Gasteiger partial charge in [0.25, 0.3) is 5.91 Å². The van der Waals surface area contributed by atoms with Gasteiger partial charge in [-0.1, -0.05) is 6.07 Å². The number of hydrogen-bond acceptors (Lipinski definition) is 4. The van der Waals surface area contributed by atoms with Crippen LogP contribution in [0.15, 0.2) is 17.0 Å². The first-order chi connectivity index (χ1) is 9.52. The van der Waals surface area contributed by atoms with Crippen molar-refractivity contribution >= 4 is 15.9 Å². The Balaban J connectivity index is 3.17. The Morgan fingerprint density at radius 1 is 1.24 bits per heavy atom. The van der Waals surface area contributed by atoms with E-state index in [4.69, 9.17) is 9.88 Å². The molecule has 0 aliphatic carbocycles. The van der Waals surface area contributed by atoms with Gasteiger partial charge < -0.3 is 10.1 Å². The maximum Gasteiger partial charge on any atom is 0.260 e. The summed E-state index contributed by atoms with van der Waals surface area (Å²) in [5.41, 5.74) is 1.37. The standard InChI is InChI=1S/C14H22N2O4S/c1-8(2)16-14(17)11(5)20-13-10(4)6-9(3)7-12(13)21(15,18)19/h6-8,11H,1-5H3,(H,16,17)(H2,15,18,19). The number of carbonyl (C=O) groups excluding carboxylic acids is 1. The van der Waals surface area contributed by atoms with Crippen molar-refractivity contribution in [1.82, 2.24) is 5.32 Å². The van der Waals surface area contributed by atoms with Crippen molar-refractivity contribution in [3.63, 3.8) is 0 Å². The number of ether oxygens (including phenoxy) is 1. The lowest BCUT2D eigenvalue weighted by atomic mass is 10.1. The minimum atomic E-state index is -3.93. The molecule has 0 heterocycles. The van der Waals surface area contributed by atoms with Crippen molar-refractivity contribution in [2.45, 2.75) is 51.7 Å². The second kappa shape index (κ2) is 6.44. The van der Waals surface area contributed by atoms with Gasteiger partial charge in [0.15, 0.2) is 6.10 Å². The molecule has 0 radical (unpaired) electrons. The fraction of sp³-hybridized carbons (Fsp3) is 0.500. The average Bonchev–Trinajstić information content (AvgIpc) is 2.29. The zero-order chi connectivity index (χ0) is 16.4. The van der Waals surface area contributed by atoms with Gasteiger partial charge in [-0.25, -0.2) is 13.6 Å². The molecular formula is C14H22N2O4S. The van der Waals surface area contributed by atoms with Gasteiger partial charge in [0, 0.05) is 6.04 Å². The Labute approximate surface area is 125 Å². The van der Waals surface area contributed by atoms with Crippen molar-refractivity contribution in [1.29, 1.82) is 0 Å². The summed E-state index contributed by atoms with van der Waals surface area (Å²) in [4.78, 5) is 11.8. The van der Waals surface area contributed by atoms with Crippen LogP contribution in [0.25, 0.3) is 0 Å². The van der Waals surface area contributed by atoms with Crippen LogP contribution in [-0.4, -0.2) is 26.5 Å². The van der Waals surface area contributed by atoms with E-state index in [9.17, 15) is 13.2 Å². The maximum absolute atomic E-state index is 11.9. The third-order valence-electron chi connectivity index (χ3n) is 2.79. The molecular weight excluding hydrogens is 292 g/mol. The maximum atomic E-state index is 11.9. The molecule has 21 heavy (non-hydrogen) atoms. The Morgan fingerprint density at radius 3 is 2.29 bits per heavy atom. The molecule has 1 rings (SSSR count). The van der Waals surface area contributed by atoms with Crippen LogP contribution in [0, 0.1) is 13.8 Å². The normalized spacial score (nSPS) is 13.1. The van der Waals surface area contributed by atoms with E-state index in [2.05, 4.69) is 5.32 Å². The van der Waals surface area contributed by atoms with E-state index in [1.54, 1.807) is 26.8 Å². The summed E-state index contributed by atoms with van der Waals surface area (Å²) in [6.07, 6.45) is -0.825. The minimum absolute atomic E-state index is 0.0274.